The first-order valence-electron chi connectivity index (χ1n) is 7.37. The number of thiophene rings is 1. The van der Waals surface area contributed by atoms with Gasteiger partial charge in [-0.15, -0.1) is 11.3 Å². The molecule has 4 heteroatoms. The van der Waals surface area contributed by atoms with E-state index in [-0.39, 0.29) is 6.04 Å². The van der Waals surface area contributed by atoms with Gasteiger partial charge in [-0.25, -0.2) is 0 Å². The van der Waals surface area contributed by atoms with Crippen LogP contribution in [0.3, 0.4) is 0 Å². The number of rotatable bonds is 6. The summed E-state index contributed by atoms with van der Waals surface area (Å²) in [6.07, 6.45) is 0. The van der Waals surface area contributed by atoms with Crippen LogP contribution in [0.5, 0.6) is 5.75 Å². The molecule has 3 nitrogen and oxygen atoms in total. The lowest BCUT2D eigenvalue weighted by molar-refractivity contribution is 0.454. The Morgan fingerprint density at radius 1 is 1.29 bits per heavy atom. The van der Waals surface area contributed by atoms with Gasteiger partial charge in [0.2, 0.25) is 0 Å². The molecule has 114 valence electrons. The molecule has 0 aliphatic heterocycles. The molecule has 0 fully saturated rings. The Bertz CT molecular complexity index is 568. The molecule has 2 atom stereocenters. The standard InChI is InChI=1S/C17H24N2OS/c1-5-18-12(2)15-9-8-14(11-16(15)20)19(4)13(3)17-7-6-10-21-17/h6-13,18,20H,5H2,1-4H3. The van der Waals surface area contributed by atoms with Gasteiger partial charge in [0.1, 0.15) is 5.75 Å². The fourth-order valence-electron chi connectivity index (χ4n) is 2.48. The van der Waals surface area contributed by atoms with Crippen LogP contribution >= 0.6 is 11.3 Å². The van der Waals surface area contributed by atoms with Crippen molar-refractivity contribution in [1.29, 1.82) is 0 Å². The number of phenols is 1. The predicted molar refractivity (Wildman–Crippen MR) is 91.3 cm³/mol. The van der Waals surface area contributed by atoms with Gasteiger partial charge in [0, 0.05) is 35.3 Å². The summed E-state index contributed by atoms with van der Waals surface area (Å²) < 4.78 is 0. The first-order chi connectivity index (χ1) is 10.0. The van der Waals surface area contributed by atoms with Crippen molar-refractivity contribution >= 4 is 17.0 Å². The molecule has 0 radical (unpaired) electrons. The molecule has 1 aromatic heterocycles. The summed E-state index contributed by atoms with van der Waals surface area (Å²) in [5, 5.41) is 15.7. The van der Waals surface area contributed by atoms with Crippen molar-refractivity contribution in [2.45, 2.75) is 32.9 Å². The van der Waals surface area contributed by atoms with Gasteiger partial charge < -0.3 is 15.3 Å². The van der Waals surface area contributed by atoms with E-state index in [0.717, 1.165) is 17.8 Å². The van der Waals surface area contributed by atoms with E-state index in [0.29, 0.717) is 11.8 Å². The first kappa shape index (κ1) is 15.9. The highest BCUT2D eigenvalue weighted by Crippen LogP contribution is 2.33. The molecule has 1 heterocycles. The van der Waals surface area contributed by atoms with Crippen molar-refractivity contribution < 1.29 is 5.11 Å². The van der Waals surface area contributed by atoms with Gasteiger partial charge in [0.25, 0.3) is 0 Å². The van der Waals surface area contributed by atoms with Crippen LogP contribution in [0.4, 0.5) is 5.69 Å². The topological polar surface area (TPSA) is 35.5 Å². The van der Waals surface area contributed by atoms with Gasteiger partial charge in [0.15, 0.2) is 0 Å². The Morgan fingerprint density at radius 3 is 2.62 bits per heavy atom. The largest absolute Gasteiger partial charge is 0.508 e. The van der Waals surface area contributed by atoms with E-state index in [1.165, 1.54) is 4.88 Å². The highest BCUT2D eigenvalue weighted by molar-refractivity contribution is 7.10. The number of nitrogens with zero attached hydrogens (tertiary/aromatic N) is 1. The van der Waals surface area contributed by atoms with Crippen molar-refractivity contribution in [3.8, 4) is 5.75 Å². The van der Waals surface area contributed by atoms with E-state index in [1.54, 1.807) is 11.3 Å². The molecule has 0 spiro atoms. The Hall–Kier alpha value is -1.52. The molecule has 0 bridgehead atoms. The van der Waals surface area contributed by atoms with Crippen molar-refractivity contribution in [2.24, 2.45) is 0 Å². The van der Waals surface area contributed by atoms with E-state index in [2.05, 4.69) is 61.6 Å². The van der Waals surface area contributed by atoms with Crippen LogP contribution in [0.1, 0.15) is 43.3 Å². The Balaban J connectivity index is 2.19. The summed E-state index contributed by atoms with van der Waals surface area (Å²) in [7, 11) is 2.06. The molecular formula is C17H24N2OS. The summed E-state index contributed by atoms with van der Waals surface area (Å²) >= 11 is 1.76. The third-order valence-corrected chi connectivity index (χ3v) is 4.98. The third kappa shape index (κ3) is 3.57. The summed E-state index contributed by atoms with van der Waals surface area (Å²) in [5.41, 5.74) is 1.97. The van der Waals surface area contributed by atoms with Gasteiger partial charge in [-0.1, -0.05) is 19.1 Å². The zero-order valence-electron chi connectivity index (χ0n) is 13.1. The van der Waals surface area contributed by atoms with Crippen LogP contribution in [-0.2, 0) is 0 Å². The van der Waals surface area contributed by atoms with Gasteiger partial charge in [-0.3, -0.25) is 0 Å². The minimum absolute atomic E-state index is 0.157. The normalized spacial score (nSPS) is 13.9. The molecule has 0 saturated carbocycles. The maximum absolute atomic E-state index is 10.3. The van der Waals surface area contributed by atoms with Crippen molar-refractivity contribution in [2.75, 3.05) is 18.5 Å². The number of phenolic OH excluding ortho intramolecular Hbond substituents is 1. The molecule has 2 N–H and O–H groups in total. The maximum Gasteiger partial charge on any atom is 0.122 e. The highest BCUT2D eigenvalue weighted by atomic mass is 32.1. The fraction of sp³-hybridized carbons (Fsp3) is 0.412. The number of nitrogens with one attached hydrogen (secondary N) is 1. The second-order valence-electron chi connectivity index (χ2n) is 5.32. The number of benzene rings is 1. The van der Waals surface area contributed by atoms with Gasteiger partial charge in [-0.2, -0.15) is 0 Å². The van der Waals surface area contributed by atoms with E-state index in [1.807, 2.05) is 12.1 Å². The Kier molecular flexibility index (Phi) is 5.26. The van der Waals surface area contributed by atoms with Crippen LogP contribution in [-0.4, -0.2) is 18.7 Å². The fourth-order valence-corrected chi connectivity index (χ4v) is 3.30. The molecule has 0 saturated heterocycles. The lowest BCUT2D eigenvalue weighted by Gasteiger charge is -2.27. The molecule has 0 aliphatic rings. The average Bonchev–Trinajstić information content (AvgIpc) is 3.00. The molecule has 0 amide bonds. The monoisotopic (exact) mass is 304 g/mol. The third-order valence-electron chi connectivity index (χ3n) is 3.93. The first-order valence-corrected chi connectivity index (χ1v) is 8.25. The second-order valence-corrected chi connectivity index (χ2v) is 6.30. The number of hydrogen-bond donors (Lipinski definition) is 2. The molecule has 1 aromatic carbocycles. The Morgan fingerprint density at radius 2 is 2.05 bits per heavy atom. The molecule has 2 unspecified atom stereocenters. The zero-order chi connectivity index (χ0) is 15.4. The van der Waals surface area contributed by atoms with Crippen LogP contribution in [0.25, 0.3) is 0 Å². The van der Waals surface area contributed by atoms with Crippen molar-refractivity contribution in [3.05, 3.63) is 46.2 Å². The van der Waals surface area contributed by atoms with Crippen molar-refractivity contribution in [3.63, 3.8) is 0 Å². The van der Waals surface area contributed by atoms with Crippen LogP contribution < -0.4 is 10.2 Å². The van der Waals surface area contributed by atoms with E-state index in [9.17, 15) is 5.11 Å². The smallest absolute Gasteiger partial charge is 0.122 e. The lowest BCUT2D eigenvalue weighted by atomic mass is 10.1. The number of anilines is 1. The Labute approximate surface area is 131 Å². The number of aromatic hydroxyl groups is 1. The van der Waals surface area contributed by atoms with Gasteiger partial charge >= 0.3 is 0 Å². The van der Waals surface area contributed by atoms with Crippen molar-refractivity contribution in [1.82, 2.24) is 5.32 Å². The molecule has 2 rings (SSSR count). The molecule has 2 aromatic rings. The highest BCUT2D eigenvalue weighted by Gasteiger charge is 2.16. The zero-order valence-corrected chi connectivity index (χ0v) is 13.9. The van der Waals surface area contributed by atoms with Gasteiger partial charge in [-0.05, 0) is 37.9 Å². The van der Waals surface area contributed by atoms with Crippen LogP contribution in [0, 0.1) is 0 Å². The quantitative estimate of drug-likeness (QED) is 0.834. The summed E-state index contributed by atoms with van der Waals surface area (Å²) in [4.78, 5) is 3.51. The molecule has 21 heavy (non-hydrogen) atoms. The number of hydrogen-bond acceptors (Lipinski definition) is 4. The SMILES string of the molecule is CCNC(C)c1ccc(N(C)C(C)c2cccs2)cc1O. The minimum Gasteiger partial charge on any atom is -0.508 e. The minimum atomic E-state index is 0.157. The van der Waals surface area contributed by atoms with Gasteiger partial charge in [0.05, 0.1) is 6.04 Å². The predicted octanol–water partition coefficient (Wildman–Crippen LogP) is 4.32. The van der Waals surface area contributed by atoms with E-state index in [4.69, 9.17) is 0 Å². The average molecular weight is 304 g/mol. The van der Waals surface area contributed by atoms with Crippen LogP contribution in [0.2, 0.25) is 0 Å². The summed E-state index contributed by atoms with van der Waals surface area (Å²) in [6, 6.07) is 10.6. The second kappa shape index (κ2) is 6.96. The van der Waals surface area contributed by atoms with E-state index < -0.39 is 0 Å². The molecule has 0 aliphatic carbocycles. The van der Waals surface area contributed by atoms with Crippen LogP contribution in [0.15, 0.2) is 35.7 Å². The lowest BCUT2D eigenvalue weighted by Crippen LogP contribution is -2.21. The van der Waals surface area contributed by atoms with E-state index >= 15 is 0 Å². The summed E-state index contributed by atoms with van der Waals surface area (Å²) in [5.74, 6) is 0.353. The molecular weight excluding hydrogens is 280 g/mol. The maximum atomic E-state index is 10.3. The summed E-state index contributed by atoms with van der Waals surface area (Å²) in [6.45, 7) is 7.20.